The molecule has 3 heteroatoms. The Kier molecular flexibility index (Phi) is 3.27. The number of rotatable bonds is 3. The molecule has 1 heterocycles. The molecule has 0 aliphatic rings. The van der Waals surface area contributed by atoms with Gasteiger partial charge in [0.05, 0.1) is 17.6 Å². The van der Waals surface area contributed by atoms with Crippen LogP contribution in [0.4, 0.5) is 0 Å². The highest BCUT2D eigenvalue weighted by Crippen LogP contribution is 2.16. The number of benzene rings is 1. The van der Waals surface area contributed by atoms with Crippen LogP contribution in [-0.2, 0) is 6.42 Å². The summed E-state index contributed by atoms with van der Waals surface area (Å²) in [6, 6.07) is 8.24. The minimum atomic E-state index is 0.610. The summed E-state index contributed by atoms with van der Waals surface area (Å²) < 4.78 is 0. The lowest BCUT2D eigenvalue weighted by Gasteiger charge is -2.02. The normalized spacial score (nSPS) is 10.4. The monoisotopic (exact) mass is 213 g/mol. The fourth-order valence-corrected chi connectivity index (χ4v) is 1.59. The highest BCUT2D eigenvalue weighted by molar-refractivity contribution is 5.58. The predicted molar refractivity (Wildman–Crippen MR) is 65.0 cm³/mol. The van der Waals surface area contributed by atoms with Gasteiger partial charge in [-0.3, -0.25) is 9.97 Å². The van der Waals surface area contributed by atoms with Crippen molar-refractivity contribution in [1.29, 1.82) is 0 Å². The van der Waals surface area contributed by atoms with Crippen molar-refractivity contribution in [2.24, 2.45) is 5.73 Å². The molecule has 0 bridgehead atoms. The Balaban J connectivity index is 2.27. The molecule has 0 saturated carbocycles. The van der Waals surface area contributed by atoms with Crippen LogP contribution < -0.4 is 5.73 Å². The molecule has 0 aliphatic carbocycles. The van der Waals surface area contributed by atoms with Gasteiger partial charge in [0.25, 0.3) is 0 Å². The number of hydrogen-bond donors (Lipinski definition) is 1. The second kappa shape index (κ2) is 4.86. The molecule has 0 amide bonds. The summed E-state index contributed by atoms with van der Waals surface area (Å²) in [5.74, 6) is 0. The summed E-state index contributed by atoms with van der Waals surface area (Å²) >= 11 is 0. The number of nitrogens with zero attached hydrogens (tertiary/aromatic N) is 2. The third-order valence-electron chi connectivity index (χ3n) is 2.42. The lowest BCUT2D eigenvalue weighted by molar-refractivity contribution is 0.909. The summed E-state index contributed by atoms with van der Waals surface area (Å²) in [7, 11) is 0. The molecule has 2 aromatic rings. The first-order chi connectivity index (χ1) is 7.79. The Labute approximate surface area is 95.4 Å². The fourth-order valence-electron chi connectivity index (χ4n) is 1.59. The minimum Gasteiger partial charge on any atom is -0.330 e. The van der Waals surface area contributed by atoms with Crippen molar-refractivity contribution in [2.45, 2.75) is 13.3 Å². The second-order valence-corrected chi connectivity index (χ2v) is 3.80. The van der Waals surface area contributed by atoms with Crippen LogP contribution in [0, 0.1) is 6.92 Å². The first-order valence-corrected chi connectivity index (χ1v) is 5.37. The number of aromatic nitrogens is 2. The van der Waals surface area contributed by atoms with Gasteiger partial charge in [0, 0.05) is 18.2 Å². The molecule has 0 spiro atoms. The van der Waals surface area contributed by atoms with E-state index in [1.807, 2.05) is 12.1 Å². The number of nitrogens with two attached hydrogens (primary N) is 1. The molecule has 0 radical (unpaired) electrons. The lowest BCUT2D eigenvalue weighted by atomic mass is 10.1. The molecule has 2 N–H and O–H groups in total. The summed E-state index contributed by atoms with van der Waals surface area (Å²) in [5, 5.41) is 0. The first-order valence-electron chi connectivity index (χ1n) is 5.37. The molecular formula is C13H15N3. The molecule has 2 rings (SSSR count). The van der Waals surface area contributed by atoms with E-state index in [2.05, 4.69) is 29.0 Å². The molecule has 1 aromatic heterocycles. The van der Waals surface area contributed by atoms with Gasteiger partial charge in [0.15, 0.2) is 0 Å². The quantitative estimate of drug-likeness (QED) is 0.847. The van der Waals surface area contributed by atoms with Crippen molar-refractivity contribution in [3.8, 4) is 11.3 Å². The zero-order chi connectivity index (χ0) is 11.4. The van der Waals surface area contributed by atoms with Crippen molar-refractivity contribution in [1.82, 2.24) is 9.97 Å². The van der Waals surface area contributed by atoms with Crippen LogP contribution in [0.25, 0.3) is 11.3 Å². The van der Waals surface area contributed by atoms with Gasteiger partial charge in [-0.15, -0.1) is 0 Å². The smallest absolute Gasteiger partial charge is 0.0885 e. The molecule has 0 unspecified atom stereocenters. The van der Waals surface area contributed by atoms with Crippen molar-refractivity contribution in [2.75, 3.05) is 6.54 Å². The molecule has 1 aromatic carbocycles. The number of aryl methyl sites for hydroxylation is 1. The molecule has 0 aliphatic heterocycles. The largest absolute Gasteiger partial charge is 0.330 e. The van der Waals surface area contributed by atoms with Crippen LogP contribution in [0.3, 0.4) is 0 Å². The van der Waals surface area contributed by atoms with Crippen LogP contribution in [-0.4, -0.2) is 16.5 Å². The maximum Gasteiger partial charge on any atom is 0.0885 e. The van der Waals surface area contributed by atoms with Gasteiger partial charge in [0.1, 0.15) is 0 Å². The molecular weight excluding hydrogens is 198 g/mol. The fraction of sp³-hybridized carbons (Fsp3) is 0.231. The first kappa shape index (κ1) is 10.8. The highest BCUT2D eigenvalue weighted by atomic mass is 14.8. The van der Waals surface area contributed by atoms with Gasteiger partial charge in [-0.25, -0.2) is 0 Å². The molecule has 0 fully saturated rings. The SMILES string of the molecule is Cc1cccc(-c2cnc(CCN)cn2)c1. The van der Waals surface area contributed by atoms with Gasteiger partial charge in [0.2, 0.25) is 0 Å². The van der Waals surface area contributed by atoms with Gasteiger partial charge in [-0.05, 0) is 19.5 Å². The Bertz CT molecular complexity index is 463. The molecule has 0 atom stereocenters. The minimum absolute atomic E-state index is 0.610. The van der Waals surface area contributed by atoms with Crippen LogP contribution in [0.15, 0.2) is 36.7 Å². The summed E-state index contributed by atoms with van der Waals surface area (Å²) in [4.78, 5) is 8.72. The van der Waals surface area contributed by atoms with E-state index in [0.717, 1.165) is 23.4 Å². The van der Waals surface area contributed by atoms with E-state index >= 15 is 0 Å². The van der Waals surface area contributed by atoms with E-state index in [1.54, 1.807) is 12.4 Å². The second-order valence-electron chi connectivity index (χ2n) is 3.80. The summed E-state index contributed by atoms with van der Waals surface area (Å²) in [6.07, 6.45) is 4.38. The van der Waals surface area contributed by atoms with Crippen molar-refractivity contribution in [3.63, 3.8) is 0 Å². The van der Waals surface area contributed by atoms with Crippen LogP contribution in [0.5, 0.6) is 0 Å². The van der Waals surface area contributed by atoms with Crippen molar-refractivity contribution in [3.05, 3.63) is 47.9 Å². The van der Waals surface area contributed by atoms with Crippen molar-refractivity contribution >= 4 is 0 Å². The summed E-state index contributed by atoms with van der Waals surface area (Å²) in [5.41, 5.74) is 9.64. The van der Waals surface area contributed by atoms with Crippen LogP contribution in [0.1, 0.15) is 11.3 Å². The van der Waals surface area contributed by atoms with E-state index in [0.29, 0.717) is 6.54 Å². The third-order valence-corrected chi connectivity index (χ3v) is 2.42. The van der Waals surface area contributed by atoms with E-state index in [-0.39, 0.29) is 0 Å². The molecule has 16 heavy (non-hydrogen) atoms. The van der Waals surface area contributed by atoms with E-state index < -0.39 is 0 Å². The van der Waals surface area contributed by atoms with Crippen LogP contribution in [0.2, 0.25) is 0 Å². The lowest BCUT2D eigenvalue weighted by Crippen LogP contribution is -2.04. The van der Waals surface area contributed by atoms with E-state index in [1.165, 1.54) is 5.56 Å². The summed E-state index contributed by atoms with van der Waals surface area (Å²) in [6.45, 7) is 2.68. The van der Waals surface area contributed by atoms with E-state index in [4.69, 9.17) is 5.73 Å². The maximum atomic E-state index is 5.46. The van der Waals surface area contributed by atoms with Gasteiger partial charge < -0.3 is 5.73 Å². The number of hydrogen-bond acceptors (Lipinski definition) is 3. The van der Waals surface area contributed by atoms with Gasteiger partial charge >= 0.3 is 0 Å². The van der Waals surface area contributed by atoms with Crippen LogP contribution >= 0.6 is 0 Å². The Hall–Kier alpha value is -1.74. The predicted octanol–water partition coefficient (Wildman–Crippen LogP) is 1.95. The standard InChI is InChI=1S/C13H15N3/c1-10-3-2-4-11(7-10)13-9-15-12(5-6-14)8-16-13/h2-4,7-9H,5-6,14H2,1H3. The maximum absolute atomic E-state index is 5.46. The topological polar surface area (TPSA) is 51.8 Å². The van der Waals surface area contributed by atoms with Gasteiger partial charge in [-0.1, -0.05) is 23.8 Å². The Morgan fingerprint density at radius 3 is 2.69 bits per heavy atom. The molecule has 3 nitrogen and oxygen atoms in total. The zero-order valence-electron chi connectivity index (χ0n) is 9.35. The highest BCUT2D eigenvalue weighted by Gasteiger charge is 2.00. The van der Waals surface area contributed by atoms with Crippen molar-refractivity contribution < 1.29 is 0 Å². The molecule has 82 valence electrons. The average Bonchev–Trinajstić information content (AvgIpc) is 2.30. The van der Waals surface area contributed by atoms with Gasteiger partial charge in [-0.2, -0.15) is 0 Å². The van der Waals surface area contributed by atoms with E-state index in [9.17, 15) is 0 Å². The third kappa shape index (κ3) is 2.44. The Morgan fingerprint density at radius 1 is 1.19 bits per heavy atom. The average molecular weight is 213 g/mol. The Morgan fingerprint density at radius 2 is 2.06 bits per heavy atom. The molecule has 0 saturated heterocycles. The zero-order valence-corrected chi connectivity index (χ0v) is 9.35.